The first-order valence-electron chi connectivity index (χ1n) is 4.73. The molecule has 0 spiro atoms. The normalized spacial score (nSPS) is 12.8. The number of benzene rings is 1. The number of hydrogen-bond donors (Lipinski definition) is 1. The predicted octanol–water partition coefficient (Wildman–Crippen LogP) is 3.21. The minimum absolute atomic E-state index is 0.139. The average molecular weight is 195 g/mol. The van der Waals surface area contributed by atoms with E-state index in [2.05, 4.69) is 31.2 Å². The zero-order chi connectivity index (χ0) is 9.68. The van der Waals surface area contributed by atoms with Gasteiger partial charge in [0, 0.05) is 10.9 Å². The minimum Gasteiger partial charge on any atom is -0.324 e. The van der Waals surface area contributed by atoms with Crippen LogP contribution in [-0.4, -0.2) is 5.75 Å². The first kappa shape index (κ1) is 10.6. The van der Waals surface area contributed by atoms with E-state index in [4.69, 9.17) is 5.73 Å². The summed E-state index contributed by atoms with van der Waals surface area (Å²) in [5.41, 5.74) is 7.14. The van der Waals surface area contributed by atoms with Crippen LogP contribution in [-0.2, 0) is 0 Å². The van der Waals surface area contributed by atoms with Crippen molar-refractivity contribution >= 4 is 11.8 Å². The molecule has 1 atom stereocenters. The Bertz CT molecular complexity index is 258. The van der Waals surface area contributed by atoms with E-state index >= 15 is 0 Å². The standard InChI is InChI=1S/C11H17NS/c1-3-8-13-11-7-5-4-6-10(11)9(2)12/h4-7,9H,3,8,12H2,1-2H3. The first-order valence-corrected chi connectivity index (χ1v) is 5.71. The average Bonchev–Trinajstić information content (AvgIpc) is 2.15. The highest BCUT2D eigenvalue weighted by molar-refractivity contribution is 7.99. The molecule has 1 unspecified atom stereocenters. The van der Waals surface area contributed by atoms with Crippen molar-refractivity contribution in [3.63, 3.8) is 0 Å². The monoisotopic (exact) mass is 195 g/mol. The summed E-state index contributed by atoms with van der Waals surface area (Å²) in [5.74, 6) is 1.17. The molecule has 1 nitrogen and oxygen atoms in total. The maximum atomic E-state index is 5.87. The van der Waals surface area contributed by atoms with Crippen LogP contribution in [0.4, 0.5) is 0 Å². The molecular formula is C11H17NS. The zero-order valence-electron chi connectivity index (χ0n) is 8.29. The molecule has 0 fully saturated rings. The minimum atomic E-state index is 0.139. The molecule has 2 heteroatoms. The third-order valence-electron chi connectivity index (χ3n) is 1.87. The third-order valence-corrected chi connectivity index (χ3v) is 3.17. The molecule has 0 aliphatic heterocycles. The van der Waals surface area contributed by atoms with E-state index in [0.717, 1.165) is 0 Å². The lowest BCUT2D eigenvalue weighted by Gasteiger charge is -2.11. The Morgan fingerprint density at radius 2 is 2.08 bits per heavy atom. The summed E-state index contributed by atoms with van der Waals surface area (Å²) in [7, 11) is 0. The number of hydrogen-bond acceptors (Lipinski definition) is 2. The zero-order valence-corrected chi connectivity index (χ0v) is 9.10. The van der Waals surface area contributed by atoms with Gasteiger partial charge in [-0.25, -0.2) is 0 Å². The Morgan fingerprint density at radius 1 is 1.38 bits per heavy atom. The quantitative estimate of drug-likeness (QED) is 0.747. The van der Waals surface area contributed by atoms with Gasteiger partial charge in [-0.15, -0.1) is 11.8 Å². The molecule has 1 rings (SSSR count). The van der Waals surface area contributed by atoms with E-state index < -0.39 is 0 Å². The first-order chi connectivity index (χ1) is 6.25. The molecule has 0 aromatic heterocycles. The lowest BCUT2D eigenvalue weighted by Crippen LogP contribution is -2.06. The fourth-order valence-electron chi connectivity index (χ4n) is 1.20. The summed E-state index contributed by atoms with van der Waals surface area (Å²) < 4.78 is 0. The van der Waals surface area contributed by atoms with Gasteiger partial charge in [-0.1, -0.05) is 25.1 Å². The van der Waals surface area contributed by atoms with Gasteiger partial charge in [0.15, 0.2) is 0 Å². The molecule has 2 N–H and O–H groups in total. The largest absolute Gasteiger partial charge is 0.324 e. The smallest absolute Gasteiger partial charge is 0.0277 e. The Balaban J connectivity index is 2.78. The fraction of sp³-hybridized carbons (Fsp3) is 0.455. The van der Waals surface area contributed by atoms with Gasteiger partial charge in [0.2, 0.25) is 0 Å². The Morgan fingerprint density at radius 3 is 2.69 bits per heavy atom. The van der Waals surface area contributed by atoms with Crippen LogP contribution in [0.5, 0.6) is 0 Å². The molecule has 0 radical (unpaired) electrons. The molecule has 1 aromatic carbocycles. The summed E-state index contributed by atoms with van der Waals surface area (Å²) in [4.78, 5) is 1.33. The molecule has 0 amide bonds. The molecule has 0 aliphatic carbocycles. The Labute approximate surface area is 84.7 Å². The van der Waals surface area contributed by atoms with Gasteiger partial charge in [-0.2, -0.15) is 0 Å². The van der Waals surface area contributed by atoms with Gasteiger partial charge in [0.05, 0.1) is 0 Å². The van der Waals surface area contributed by atoms with Gasteiger partial charge in [-0.05, 0) is 30.7 Å². The predicted molar refractivity (Wildman–Crippen MR) is 60.1 cm³/mol. The fourth-order valence-corrected chi connectivity index (χ4v) is 2.22. The molecule has 0 saturated heterocycles. The van der Waals surface area contributed by atoms with Gasteiger partial charge in [0.25, 0.3) is 0 Å². The van der Waals surface area contributed by atoms with E-state index in [9.17, 15) is 0 Å². The van der Waals surface area contributed by atoms with Gasteiger partial charge >= 0.3 is 0 Å². The lowest BCUT2D eigenvalue weighted by atomic mass is 10.1. The Kier molecular flexibility index (Phi) is 4.33. The molecule has 0 bridgehead atoms. The van der Waals surface area contributed by atoms with Gasteiger partial charge in [-0.3, -0.25) is 0 Å². The van der Waals surface area contributed by atoms with Crippen LogP contribution in [0, 0.1) is 0 Å². The van der Waals surface area contributed by atoms with Crippen molar-refractivity contribution in [2.45, 2.75) is 31.2 Å². The number of nitrogens with two attached hydrogens (primary N) is 1. The summed E-state index contributed by atoms with van der Waals surface area (Å²) >= 11 is 1.90. The van der Waals surface area contributed by atoms with E-state index in [1.54, 1.807) is 0 Å². The molecule has 0 heterocycles. The van der Waals surface area contributed by atoms with Crippen molar-refractivity contribution in [1.29, 1.82) is 0 Å². The SMILES string of the molecule is CCCSc1ccccc1C(C)N. The Hall–Kier alpha value is -0.470. The molecule has 0 aliphatic rings. The van der Waals surface area contributed by atoms with E-state index in [1.165, 1.54) is 22.6 Å². The van der Waals surface area contributed by atoms with Gasteiger partial charge in [0.1, 0.15) is 0 Å². The molecular weight excluding hydrogens is 178 g/mol. The summed E-state index contributed by atoms with van der Waals surface area (Å²) in [6, 6.07) is 8.53. The van der Waals surface area contributed by atoms with Crippen molar-refractivity contribution in [3.8, 4) is 0 Å². The summed E-state index contributed by atoms with van der Waals surface area (Å²) in [6.45, 7) is 4.23. The third kappa shape index (κ3) is 3.05. The van der Waals surface area contributed by atoms with Crippen molar-refractivity contribution in [2.75, 3.05) is 5.75 Å². The summed E-state index contributed by atoms with van der Waals surface area (Å²) in [5, 5.41) is 0. The lowest BCUT2D eigenvalue weighted by molar-refractivity contribution is 0.797. The van der Waals surface area contributed by atoms with Crippen LogP contribution in [0.3, 0.4) is 0 Å². The number of thioether (sulfide) groups is 1. The maximum Gasteiger partial charge on any atom is 0.0277 e. The topological polar surface area (TPSA) is 26.0 Å². The summed E-state index contributed by atoms with van der Waals surface area (Å²) in [6.07, 6.45) is 1.21. The van der Waals surface area contributed by atoms with Crippen molar-refractivity contribution < 1.29 is 0 Å². The van der Waals surface area contributed by atoms with Crippen LogP contribution < -0.4 is 5.73 Å². The molecule has 13 heavy (non-hydrogen) atoms. The highest BCUT2D eigenvalue weighted by Gasteiger charge is 2.04. The molecule has 0 saturated carbocycles. The van der Waals surface area contributed by atoms with Crippen LogP contribution in [0.2, 0.25) is 0 Å². The van der Waals surface area contributed by atoms with Crippen LogP contribution in [0.15, 0.2) is 29.2 Å². The second-order valence-electron chi connectivity index (χ2n) is 3.17. The molecule has 72 valence electrons. The maximum absolute atomic E-state index is 5.87. The highest BCUT2D eigenvalue weighted by atomic mass is 32.2. The second-order valence-corrected chi connectivity index (χ2v) is 4.31. The van der Waals surface area contributed by atoms with Crippen LogP contribution in [0.1, 0.15) is 31.9 Å². The van der Waals surface area contributed by atoms with Crippen molar-refractivity contribution in [2.24, 2.45) is 5.73 Å². The van der Waals surface area contributed by atoms with Crippen LogP contribution in [0.25, 0.3) is 0 Å². The molecule has 1 aromatic rings. The highest BCUT2D eigenvalue weighted by Crippen LogP contribution is 2.26. The van der Waals surface area contributed by atoms with Crippen molar-refractivity contribution in [3.05, 3.63) is 29.8 Å². The van der Waals surface area contributed by atoms with Crippen LogP contribution >= 0.6 is 11.8 Å². The van der Waals surface area contributed by atoms with Crippen molar-refractivity contribution in [1.82, 2.24) is 0 Å². The van der Waals surface area contributed by atoms with E-state index in [0.29, 0.717) is 0 Å². The van der Waals surface area contributed by atoms with E-state index in [1.807, 2.05) is 18.7 Å². The van der Waals surface area contributed by atoms with Gasteiger partial charge < -0.3 is 5.73 Å². The van der Waals surface area contributed by atoms with E-state index in [-0.39, 0.29) is 6.04 Å². The number of rotatable bonds is 4. The second kappa shape index (κ2) is 5.30.